The molecule has 1 aromatic carbocycles. The van der Waals surface area contributed by atoms with Crippen molar-refractivity contribution in [1.82, 2.24) is 4.90 Å². The Morgan fingerprint density at radius 2 is 2.17 bits per heavy atom. The molecule has 2 nitrogen and oxygen atoms in total. The van der Waals surface area contributed by atoms with Crippen LogP contribution in [-0.2, 0) is 0 Å². The summed E-state index contributed by atoms with van der Waals surface area (Å²) in [6, 6.07) is 7.15. The summed E-state index contributed by atoms with van der Waals surface area (Å²) >= 11 is 7.82. The summed E-state index contributed by atoms with van der Waals surface area (Å²) in [7, 11) is 0. The highest BCUT2D eigenvalue weighted by atomic mass is 35.5. The average molecular weight is 284 g/mol. The molecule has 0 aliphatic carbocycles. The molecule has 1 heterocycles. The predicted molar refractivity (Wildman–Crippen MR) is 78.8 cm³/mol. The minimum absolute atomic E-state index is 0.206. The fourth-order valence-corrected chi connectivity index (χ4v) is 3.34. The molecule has 2 rings (SSSR count). The van der Waals surface area contributed by atoms with Gasteiger partial charge in [0.2, 0.25) is 0 Å². The largest absolute Gasteiger partial charge is 0.301 e. The van der Waals surface area contributed by atoms with E-state index in [4.69, 9.17) is 11.6 Å². The molecule has 0 radical (unpaired) electrons. The van der Waals surface area contributed by atoms with Crippen molar-refractivity contribution in [2.75, 3.05) is 25.4 Å². The van der Waals surface area contributed by atoms with E-state index in [1.807, 2.05) is 11.8 Å². The minimum atomic E-state index is 0.206. The van der Waals surface area contributed by atoms with Gasteiger partial charge in [-0.15, -0.1) is 0 Å². The van der Waals surface area contributed by atoms with E-state index < -0.39 is 0 Å². The fraction of sp³-hybridized carbons (Fsp3) is 0.500. The highest BCUT2D eigenvalue weighted by molar-refractivity contribution is 7.99. The third kappa shape index (κ3) is 4.01. The lowest BCUT2D eigenvalue weighted by Crippen LogP contribution is -2.37. The molecule has 1 saturated heterocycles. The van der Waals surface area contributed by atoms with Gasteiger partial charge in [-0.1, -0.05) is 18.5 Å². The van der Waals surface area contributed by atoms with Crippen molar-refractivity contribution in [2.24, 2.45) is 0 Å². The minimum Gasteiger partial charge on any atom is -0.301 e. The highest BCUT2D eigenvalue weighted by Gasteiger charge is 2.17. The molecular weight excluding hydrogens is 266 g/mol. The molecule has 0 saturated carbocycles. The molecule has 1 aliphatic rings. The van der Waals surface area contributed by atoms with Crippen LogP contribution in [0, 0.1) is 0 Å². The quantitative estimate of drug-likeness (QED) is 0.791. The molecule has 1 unspecified atom stereocenters. The molecule has 0 N–H and O–H groups in total. The number of nitrogens with zero attached hydrogens (tertiary/aromatic N) is 1. The molecule has 0 aromatic heterocycles. The summed E-state index contributed by atoms with van der Waals surface area (Å²) in [6.45, 7) is 5.31. The van der Waals surface area contributed by atoms with E-state index in [1.54, 1.807) is 24.3 Å². The first-order valence-electron chi connectivity index (χ1n) is 6.28. The van der Waals surface area contributed by atoms with Gasteiger partial charge in [0.25, 0.3) is 0 Å². The maximum absolute atomic E-state index is 12.0. The molecule has 0 spiro atoms. The van der Waals surface area contributed by atoms with E-state index in [-0.39, 0.29) is 5.78 Å². The van der Waals surface area contributed by atoms with Crippen molar-refractivity contribution in [2.45, 2.75) is 18.6 Å². The summed E-state index contributed by atoms with van der Waals surface area (Å²) in [6.07, 6.45) is 0.596. The van der Waals surface area contributed by atoms with E-state index >= 15 is 0 Å². The van der Waals surface area contributed by atoms with E-state index in [9.17, 15) is 4.79 Å². The monoisotopic (exact) mass is 283 g/mol. The lowest BCUT2D eigenvalue weighted by atomic mass is 10.1. The van der Waals surface area contributed by atoms with Crippen LogP contribution in [0.2, 0.25) is 5.02 Å². The van der Waals surface area contributed by atoms with Crippen LogP contribution in [0.5, 0.6) is 0 Å². The van der Waals surface area contributed by atoms with Gasteiger partial charge in [-0.3, -0.25) is 4.79 Å². The van der Waals surface area contributed by atoms with Gasteiger partial charge in [-0.2, -0.15) is 11.8 Å². The summed E-state index contributed by atoms with van der Waals surface area (Å²) < 4.78 is 0. The standard InChI is InChI=1S/C14H18ClNOS/c1-11-10-16(8-9-18-11)7-6-14(17)12-2-4-13(15)5-3-12/h2-5,11H,6-10H2,1H3. The molecule has 0 amide bonds. The number of hydrogen-bond acceptors (Lipinski definition) is 3. The molecule has 1 aromatic rings. The van der Waals surface area contributed by atoms with Crippen LogP contribution in [0.1, 0.15) is 23.7 Å². The third-order valence-corrected chi connectivity index (χ3v) is 4.53. The molecule has 1 atom stereocenters. The maximum atomic E-state index is 12.0. The van der Waals surface area contributed by atoms with Crippen LogP contribution < -0.4 is 0 Å². The Labute approximate surface area is 118 Å². The Morgan fingerprint density at radius 1 is 1.44 bits per heavy atom. The van der Waals surface area contributed by atoms with Gasteiger partial charge in [0.1, 0.15) is 0 Å². The van der Waals surface area contributed by atoms with Gasteiger partial charge in [-0.05, 0) is 24.3 Å². The van der Waals surface area contributed by atoms with Gasteiger partial charge < -0.3 is 4.90 Å². The topological polar surface area (TPSA) is 20.3 Å². The zero-order chi connectivity index (χ0) is 13.0. The molecule has 18 heavy (non-hydrogen) atoms. The van der Waals surface area contributed by atoms with Crippen molar-refractivity contribution in [3.05, 3.63) is 34.9 Å². The summed E-state index contributed by atoms with van der Waals surface area (Å²) in [5.41, 5.74) is 0.763. The fourth-order valence-electron chi connectivity index (χ4n) is 2.13. The van der Waals surface area contributed by atoms with Crippen molar-refractivity contribution in [1.29, 1.82) is 0 Å². The number of halogens is 1. The van der Waals surface area contributed by atoms with Crippen LogP contribution in [0.15, 0.2) is 24.3 Å². The zero-order valence-electron chi connectivity index (χ0n) is 10.6. The van der Waals surface area contributed by atoms with Crippen LogP contribution >= 0.6 is 23.4 Å². The number of ketones is 1. The number of benzene rings is 1. The second kappa shape index (κ2) is 6.60. The smallest absolute Gasteiger partial charge is 0.164 e. The molecule has 1 fully saturated rings. The second-order valence-corrected chi connectivity index (χ2v) is 6.64. The SMILES string of the molecule is CC1CN(CCC(=O)c2ccc(Cl)cc2)CCS1. The van der Waals surface area contributed by atoms with Crippen LogP contribution in [-0.4, -0.2) is 41.3 Å². The van der Waals surface area contributed by atoms with Gasteiger partial charge in [-0.25, -0.2) is 0 Å². The second-order valence-electron chi connectivity index (χ2n) is 4.66. The first-order valence-corrected chi connectivity index (χ1v) is 7.70. The Kier molecular flexibility index (Phi) is 5.10. The molecular formula is C14H18ClNOS. The van der Waals surface area contributed by atoms with Crippen molar-refractivity contribution < 1.29 is 4.79 Å². The zero-order valence-corrected chi connectivity index (χ0v) is 12.1. The normalized spacial score (nSPS) is 20.9. The molecule has 4 heteroatoms. The summed E-state index contributed by atoms with van der Waals surface area (Å²) in [5.74, 6) is 1.38. The summed E-state index contributed by atoms with van der Waals surface area (Å²) in [5, 5.41) is 1.36. The van der Waals surface area contributed by atoms with Gasteiger partial charge in [0.05, 0.1) is 0 Å². The molecule has 98 valence electrons. The average Bonchev–Trinajstić information content (AvgIpc) is 2.37. The lowest BCUT2D eigenvalue weighted by molar-refractivity contribution is 0.0965. The van der Waals surface area contributed by atoms with Crippen LogP contribution in [0.25, 0.3) is 0 Å². The molecule has 0 bridgehead atoms. The van der Waals surface area contributed by atoms with Crippen molar-refractivity contribution in [3.8, 4) is 0 Å². The number of hydrogen-bond donors (Lipinski definition) is 0. The Hall–Kier alpha value is -0.510. The van der Waals surface area contributed by atoms with E-state index in [1.165, 1.54) is 5.75 Å². The van der Waals surface area contributed by atoms with Crippen molar-refractivity contribution in [3.63, 3.8) is 0 Å². The summed E-state index contributed by atoms with van der Waals surface area (Å²) in [4.78, 5) is 14.4. The van der Waals surface area contributed by atoms with Gasteiger partial charge in [0, 0.05) is 47.6 Å². The van der Waals surface area contributed by atoms with Crippen molar-refractivity contribution >= 4 is 29.1 Å². The number of rotatable bonds is 4. The predicted octanol–water partition coefficient (Wildman–Crippen LogP) is 3.35. The van der Waals surface area contributed by atoms with Gasteiger partial charge >= 0.3 is 0 Å². The Morgan fingerprint density at radius 3 is 2.83 bits per heavy atom. The molecule has 1 aliphatic heterocycles. The third-order valence-electron chi connectivity index (χ3n) is 3.15. The van der Waals surface area contributed by atoms with E-state index in [2.05, 4.69) is 11.8 Å². The van der Waals surface area contributed by atoms with Crippen LogP contribution in [0.4, 0.5) is 0 Å². The number of carbonyl (C=O) groups is 1. The first-order chi connectivity index (χ1) is 8.65. The Balaban J connectivity index is 1.82. The first kappa shape index (κ1) is 13.9. The highest BCUT2D eigenvalue weighted by Crippen LogP contribution is 2.18. The van der Waals surface area contributed by atoms with Gasteiger partial charge in [0.15, 0.2) is 5.78 Å². The Bertz CT molecular complexity index is 407. The maximum Gasteiger partial charge on any atom is 0.164 e. The number of thioether (sulfide) groups is 1. The number of Topliss-reactive ketones (excluding diaryl/α,β-unsaturated/α-hetero) is 1. The van der Waals surface area contributed by atoms with E-state index in [0.717, 1.165) is 25.2 Å². The van der Waals surface area contributed by atoms with Crippen LogP contribution in [0.3, 0.4) is 0 Å². The van der Waals surface area contributed by atoms with E-state index in [0.29, 0.717) is 16.7 Å². The lowest BCUT2D eigenvalue weighted by Gasteiger charge is -2.30. The number of carbonyl (C=O) groups excluding carboxylic acids is 1.